The van der Waals surface area contributed by atoms with E-state index in [-0.39, 0.29) is 11.9 Å². The molecule has 0 aliphatic carbocycles. The van der Waals surface area contributed by atoms with E-state index in [0.29, 0.717) is 13.0 Å². The van der Waals surface area contributed by atoms with Crippen LogP contribution in [0.1, 0.15) is 11.1 Å². The molecule has 5 heteroatoms. The standard InChI is InChI=1S/C23H22N4O/c28-23(27-19-10-12-24-13-11-19)22(25-15-17-6-2-1-3-7-17)14-18-16-26-21-9-5-4-8-20(18)21/h1-13,16,22,25-26H,14-15H2,(H,24,27,28). The second kappa shape index (κ2) is 8.50. The molecule has 0 aliphatic heterocycles. The van der Waals surface area contributed by atoms with Crippen LogP contribution in [0.2, 0.25) is 0 Å². The van der Waals surface area contributed by atoms with E-state index in [0.717, 1.165) is 27.7 Å². The van der Waals surface area contributed by atoms with Crippen molar-refractivity contribution in [3.63, 3.8) is 0 Å². The maximum Gasteiger partial charge on any atom is 0.241 e. The highest BCUT2D eigenvalue weighted by atomic mass is 16.2. The minimum absolute atomic E-state index is 0.0626. The Labute approximate surface area is 163 Å². The van der Waals surface area contributed by atoms with Crippen LogP contribution in [0.4, 0.5) is 5.69 Å². The average Bonchev–Trinajstić information content (AvgIpc) is 3.15. The number of anilines is 1. The van der Waals surface area contributed by atoms with E-state index in [4.69, 9.17) is 0 Å². The second-order valence-electron chi connectivity index (χ2n) is 6.71. The number of para-hydroxylation sites is 1. The first-order chi connectivity index (χ1) is 13.8. The van der Waals surface area contributed by atoms with Gasteiger partial charge in [0.1, 0.15) is 0 Å². The number of H-pyrrole nitrogens is 1. The lowest BCUT2D eigenvalue weighted by Crippen LogP contribution is -2.41. The van der Waals surface area contributed by atoms with Crippen LogP contribution in [-0.4, -0.2) is 21.9 Å². The van der Waals surface area contributed by atoms with Gasteiger partial charge in [-0.1, -0.05) is 48.5 Å². The van der Waals surface area contributed by atoms with Crippen LogP contribution in [0, 0.1) is 0 Å². The van der Waals surface area contributed by atoms with Crippen LogP contribution < -0.4 is 10.6 Å². The number of carbonyl (C=O) groups is 1. The molecule has 1 unspecified atom stereocenters. The van der Waals surface area contributed by atoms with Gasteiger partial charge in [-0.2, -0.15) is 0 Å². The summed E-state index contributed by atoms with van der Waals surface area (Å²) < 4.78 is 0. The third-order valence-corrected chi connectivity index (χ3v) is 4.76. The van der Waals surface area contributed by atoms with Gasteiger partial charge in [0.25, 0.3) is 0 Å². The highest BCUT2D eigenvalue weighted by Gasteiger charge is 2.20. The van der Waals surface area contributed by atoms with Crippen molar-refractivity contribution in [3.05, 3.63) is 96.4 Å². The molecule has 0 saturated carbocycles. The Morgan fingerprint density at radius 1 is 0.964 bits per heavy atom. The van der Waals surface area contributed by atoms with Crippen LogP contribution in [0.3, 0.4) is 0 Å². The molecular weight excluding hydrogens is 348 g/mol. The number of rotatable bonds is 7. The Balaban J connectivity index is 1.54. The maximum atomic E-state index is 13.0. The van der Waals surface area contributed by atoms with Gasteiger partial charge in [-0.05, 0) is 35.7 Å². The molecule has 0 aliphatic rings. The molecule has 0 radical (unpaired) electrons. The van der Waals surface area contributed by atoms with E-state index < -0.39 is 0 Å². The molecule has 28 heavy (non-hydrogen) atoms. The summed E-state index contributed by atoms with van der Waals surface area (Å²) in [5.74, 6) is -0.0626. The minimum Gasteiger partial charge on any atom is -0.361 e. The van der Waals surface area contributed by atoms with E-state index in [1.165, 1.54) is 0 Å². The topological polar surface area (TPSA) is 69.8 Å². The zero-order valence-electron chi connectivity index (χ0n) is 15.4. The third-order valence-electron chi connectivity index (χ3n) is 4.76. The zero-order chi connectivity index (χ0) is 19.2. The first-order valence-corrected chi connectivity index (χ1v) is 9.33. The smallest absolute Gasteiger partial charge is 0.241 e. The van der Waals surface area contributed by atoms with Crippen LogP contribution in [0.5, 0.6) is 0 Å². The van der Waals surface area contributed by atoms with Crippen molar-refractivity contribution in [2.75, 3.05) is 5.32 Å². The van der Waals surface area contributed by atoms with Gasteiger partial charge in [0.05, 0.1) is 6.04 Å². The summed E-state index contributed by atoms with van der Waals surface area (Å²) in [4.78, 5) is 20.3. The van der Waals surface area contributed by atoms with Crippen molar-refractivity contribution in [2.45, 2.75) is 19.0 Å². The number of hydrogen-bond acceptors (Lipinski definition) is 3. The number of aromatic nitrogens is 2. The van der Waals surface area contributed by atoms with Crippen molar-refractivity contribution in [1.29, 1.82) is 0 Å². The number of carbonyl (C=O) groups excluding carboxylic acids is 1. The van der Waals surface area contributed by atoms with E-state index >= 15 is 0 Å². The molecule has 140 valence electrons. The quantitative estimate of drug-likeness (QED) is 0.462. The number of fused-ring (bicyclic) bond motifs is 1. The monoisotopic (exact) mass is 370 g/mol. The summed E-state index contributed by atoms with van der Waals surface area (Å²) in [5, 5.41) is 7.55. The zero-order valence-corrected chi connectivity index (χ0v) is 15.4. The predicted octanol–water partition coefficient (Wildman–Crippen LogP) is 3.90. The van der Waals surface area contributed by atoms with E-state index in [9.17, 15) is 4.79 Å². The molecule has 0 spiro atoms. The number of nitrogens with zero attached hydrogens (tertiary/aromatic N) is 1. The lowest BCUT2D eigenvalue weighted by molar-refractivity contribution is -0.118. The van der Waals surface area contributed by atoms with Crippen LogP contribution in [0.25, 0.3) is 10.9 Å². The fraction of sp³-hybridized carbons (Fsp3) is 0.130. The van der Waals surface area contributed by atoms with Gasteiger partial charge in [-0.3, -0.25) is 9.78 Å². The van der Waals surface area contributed by atoms with Gasteiger partial charge in [-0.15, -0.1) is 0 Å². The van der Waals surface area contributed by atoms with Crippen LogP contribution >= 0.6 is 0 Å². The molecule has 1 atom stereocenters. The molecule has 2 heterocycles. The molecule has 5 nitrogen and oxygen atoms in total. The first kappa shape index (κ1) is 17.9. The Morgan fingerprint density at radius 2 is 1.71 bits per heavy atom. The van der Waals surface area contributed by atoms with E-state index in [1.54, 1.807) is 24.5 Å². The number of hydrogen-bond donors (Lipinski definition) is 3. The molecule has 0 fully saturated rings. The Kier molecular flexibility index (Phi) is 5.45. The predicted molar refractivity (Wildman–Crippen MR) is 112 cm³/mol. The van der Waals surface area contributed by atoms with E-state index in [1.807, 2.05) is 42.6 Å². The average molecular weight is 370 g/mol. The van der Waals surface area contributed by atoms with Gasteiger partial charge >= 0.3 is 0 Å². The van der Waals surface area contributed by atoms with E-state index in [2.05, 4.69) is 38.8 Å². The van der Waals surface area contributed by atoms with Crippen LogP contribution in [0.15, 0.2) is 85.3 Å². The third kappa shape index (κ3) is 4.27. The number of pyridine rings is 1. The molecule has 0 saturated heterocycles. The summed E-state index contributed by atoms with van der Waals surface area (Å²) in [7, 11) is 0. The largest absolute Gasteiger partial charge is 0.361 e. The van der Waals surface area contributed by atoms with Crippen molar-refractivity contribution in [1.82, 2.24) is 15.3 Å². The fourth-order valence-corrected chi connectivity index (χ4v) is 3.28. The molecule has 2 aromatic heterocycles. The Hall–Kier alpha value is -3.44. The van der Waals surface area contributed by atoms with Crippen molar-refractivity contribution in [3.8, 4) is 0 Å². The molecule has 0 bridgehead atoms. The lowest BCUT2D eigenvalue weighted by Gasteiger charge is -2.18. The van der Waals surface area contributed by atoms with Gasteiger partial charge in [0.15, 0.2) is 0 Å². The van der Waals surface area contributed by atoms with Gasteiger partial charge in [0.2, 0.25) is 5.91 Å². The molecule has 3 N–H and O–H groups in total. The fourth-order valence-electron chi connectivity index (χ4n) is 3.28. The number of nitrogens with one attached hydrogen (secondary N) is 3. The highest BCUT2D eigenvalue weighted by molar-refractivity contribution is 5.95. The molecule has 4 aromatic rings. The summed E-state index contributed by atoms with van der Waals surface area (Å²) in [6.45, 7) is 0.623. The maximum absolute atomic E-state index is 13.0. The first-order valence-electron chi connectivity index (χ1n) is 9.33. The Bertz CT molecular complexity index is 1040. The number of aromatic amines is 1. The summed E-state index contributed by atoms with van der Waals surface area (Å²) >= 11 is 0. The van der Waals surface area contributed by atoms with Crippen molar-refractivity contribution < 1.29 is 4.79 Å². The van der Waals surface area contributed by atoms with Crippen molar-refractivity contribution >= 4 is 22.5 Å². The summed E-state index contributed by atoms with van der Waals surface area (Å²) in [6.07, 6.45) is 5.92. The second-order valence-corrected chi connectivity index (χ2v) is 6.71. The summed E-state index contributed by atoms with van der Waals surface area (Å²) in [5.41, 5.74) is 4.08. The number of benzene rings is 2. The molecule has 4 rings (SSSR count). The summed E-state index contributed by atoms with van der Waals surface area (Å²) in [6, 6.07) is 21.5. The minimum atomic E-state index is -0.368. The van der Waals surface area contributed by atoms with Crippen molar-refractivity contribution in [2.24, 2.45) is 0 Å². The van der Waals surface area contributed by atoms with Gasteiger partial charge in [-0.25, -0.2) is 0 Å². The number of amides is 1. The van der Waals surface area contributed by atoms with Crippen LogP contribution in [-0.2, 0) is 17.8 Å². The highest BCUT2D eigenvalue weighted by Crippen LogP contribution is 2.20. The SMILES string of the molecule is O=C(Nc1ccncc1)C(Cc1c[nH]c2ccccc12)NCc1ccccc1. The molecule has 2 aromatic carbocycles. The normalized spacial score (nSPS) is 12.0. The Morgan fingerprint density at radius 3 is 2.54 bits per heavy atom. The lowest BCUT2D eigenvalue weighted by atomic mass is 10.0. The van der Waals surface area contributed by atoms with Gasteiger partial charge < -0.3 is 15.6 Å². The van der Waals surface area contributed by atoms with Gasteiger partial charge in [0, 0.05) is 41.7 Å². The molecule has 1 amide bonds. The molecular formula is C23H22N4O.